The van der Waals surface area contributed by atoms with Crippen molar-refractivity contribution in [2.24, 2.45) is 5.92 Å². The number of piperidine rings is 1. The minimum absolute atomic E-state index is 0.0537. The van der Waals surface area contributed by atoms with Crippen molar-refractivity contribution in [3.05, 3.63) is 40.6 Å². The normalized spacial score (nSPS) is 16.0. The van der Waals surface area contributed by atoms with Crippen LogP contribution in [0.15, 0.2) is 30.5 Å². The fourth-order valence-corrected chi connectivity index (χ4v) is 2.80. The highest BCUT2D eigenvalue weighted by atomic mass is 16.6. The van der Waals surface area contributed by atoms with Crippen LogP contribution in [0, 0.1) is 16.0 Å². The van der Waals surface area contributed by atoms with Gasteiger partial charge < -0.3 is 10.6 Å². The Kier molecular flexibility index (Phi) is 3.96. The molecule has 1 aromatic carbocycles. The third-order valence-electron chi connectivity index (χ3n) is 3.98. The maximum atomic E-state index is 11.1. The molecule has 1 fully saturated rings. The van der Waals surface area contributed by atoms with Gasteiger partial charge in [0, 0.05) is 29.9 Å². The van der Waals surface area contributed by atoms with Gasteiger partial charge in [0.25, 0.3) is 5.69 Å². The lowest BCUT2D eigenvalue weighted by atomic mass is 9.98. The molecule has 1 aliphatic rings. The molecule has 1 aromatic heterocycles. The lowest BCUT2D eigenvalue weighted by Gasteiger charge is -2.23. The number of nitrogens with one attached hydrogen (secondary N) is 2. The molecule has 6 heteroatoms. The van der Waals surface area contributed by atoms with Crippen LogP contribution in [0.25, 0.3) is 10.9 Å². The zero-order chi connectivity index (χ0) is 14.7. The summed E-state index contributed by atoms with van der Waals surface area (Å²) in [4.78, 5) is 14.9. The molecule has 0 atom stereocenters. The number of pyridine rings is 1. The second-order valence-corrected chi connectivity index (χ2v) is 5.36. The molecule has 0 saturated carbocycles. The minimum Gasteiger partial charge on any atom is -0.384 e. The Morgan fingerprint density at radius 3 is 2.90 bits per heavy atom. The molecule has 110 valence electrons. The van der Waals surface area contributed by atoms with Crippen molar-refractivity contribution in [2.45, 2.75) is 12.8 Å². The maximum Gasteiger partial charge on any atom is 0.295 e. The molecule has 6 nitrogen and oxygen atoms in total. The number of nitrogens with zero attached hydrogens (tertiary/aromatic N) is 2. The Bertz CT molecular complexity index is 653. The van der Waals surface area contributed by atoms with Crippen molar-refractivity contribution < 1.29 is 4.92 Å². The topological polar surface area (TPSA) is 80.1 Å². The van der Waals surface area contributed by atoms with Crippen molar-refractivity contribution in [3.8, 4) is 0 Å². The van der Waals surface area contributed by atoms with Crippen LogP contribution in [0.4, 0.5) is 11.4 Å². The fourth-order valence-electron chi connectivity index (χ4n) is 2.80. The van der Waals surface area contributed by atoms with E-state index in [-0.39, 0.29) is 10.6 Å². The Balaban J connectivity index is 1.85. The van der Waals surface area contributed by atoms with Gasteiger partial charge in [0.2, 0.25) is 0 Å². The molecule has 2 N–H and O–H groups in total. The zero-order valence-corrected chi connectivity index (χ0v) is 11.7. The summed E-state index contributed by atoms with van der Waals surface area (Å²) in [6, 6.07) is 6.99. The smallest absolute Gasteiger partial charge is 0.295 e. The highest BCUT2D eigenvalue weighted by Crippen LogP contribution is 2.30. The van der Waals surface area contributed by atoms with Crippen LogP contribution >= 0.6 is 0 Å². The summed E-state index contributed by atoms with van der Waals surface area (Å²) in [5.74, 6) is 0.646. The second kappa shape index (κ2) is 6.05. The molecular formula is C15H18N4O2. The largest absolute Gasteiger partial charge is 0.384 e. The van der Waals surface area contributed by atoms with Crippen LogP contribution < -0.4 is 10.6 Å². The van der Waals surface area contributed by atoms with Gasteiger partial charge in [-0.1, -0.05) is 0 Å². The summed E-state index contributed by atoms with van der Waals surface area (Å²) in [6.45, 7) is 3.02. The SMILES string of the molecule is O=[N+]([O-])c1ccc(NCC2CCNCC2)c2cccnc12. The standard InChI is InChI=1S/C15H18N4O2/c20-19(21)14-4-3-13(12-2-1-7-17-15(12)14)18-10-11-5-8-16-9-6-11/h1-4,7,11,16,18H,5-6,8-10H2. The number of aromatic nitrogens is 1. The third-order valence-corrected chi connectivity index (χ3v) is 3.98. The Morgan fingerprint density at radius 2 is 2.14 bits per heavy atom. The highest BCUT2D eigenvalue weighted by Gasteiger charge is 2.17. The molecule has 21 heavy (non-hydrogen) atoms. The average molecular weight is 286 g/mol. The van der Waals surface area contributed by atoms with E-state index in [1.807, 2.05) is 12.1 Å². The third kappa shape index (κ3) is 2.95. The number of fused-ring (bicyclic) bond motifs is 1. The number of nitro groups is 1. The lowest BCUT2D eigenvalue weighted by Crippen LogP contribution is -2.31. The molecule has 1 aliphatic heterocycles. The van der Waals surface area contributed by atoms with Crippen LogP contribution in [-0.2, 0) is 0 Å². The number of nitro benzene ring substituents is 1. The number of non-ortho nitro benzene ring substituents is 1. The summed E-state index contributed by atoms with van der Waals surface area (Å²) >= 11 is 0. The Hall–Kier alpha value is -2.21. The van der Waals surface area contributed by atoms with Crippen LogP contribution in [-0.4, -0.2) is 29.5 Å². The summed E-state index contributed by atoms with van der Waals surface area (Å²) in [5, 5.41) is 18.7. The zero-order valence-electron chi connectivity index (χ0n) is 11.7. The first-order valence-corrected chi connectivity index (χ1v) is 7.22. The van der Waals surface area contributed by atoms with Crippen molar-refractivity contribution >= 4 is 22.3 Å². The summed E-state index contributed by atoms with van der Waals surface area (Å²) in [5.41, 5.74) is 1.41. The summed E-state index contributed by atoms with van der Waals surface area (Å²) in [6.07, 6.45) is 3.91. The molecule has 0 spiro atoms. The van der Waals surface area contributed by atoms with Gasteiger partial charge in [0.15, 0.2) is 0 Å². The molecule has 0 radical (unpaired) electrons. The van der Waals surface area contributed by atoms with E-state index in [0.29, 0.717) is 11.4 Å². The van der Waals surface area contributed by atoms with E-state index in [9.17, 15) is 10.1 Å². The van der Waals surface area contributed by atoms with Gasteiger partial charge >= 0.3 is 0 Å². The van der Waals surface area contributed by atoms with Gasteiger partial charge in [-0.2, -0.15) is 0 Å². The van der Waals surface area contributed by atoms with E-state index in [4.69, 9.17) is 0 Å². The van der Waals surface area contributed by atoms with Gasteiger partial charge in [0.05, 0.1) is 4.92 Å². The second-order valence-electron chi connectivity index (χ2n) is 5.36. The van der Waals surface area contributed by atoms with Gasteiger partial charge in [-0.15, -0.1) is 0 Å². The number of anilines is 1. The van der Waals surface area contributed by atoms with Crippen LogP contribution in [0.3, 0.4) is 0 Å². The van der Waals surface area contributed by atoms with E-state index in [1.165, 1.54) is 6.07 Å². The number of hydrogen-bond acceptors (Lipinski definition) is 5. The Morgan fingerprint density at radius 1 is 1.33 bits per heavy atom. The van der Waals surface area contributed by atoms with Gasteiger partial charge in [0.1, 0.15) is 5.52 Å². The van der Waals surface area contributed by atoms with Gasteiger partial charge in [-0.3, -0.25) is 10.1 Å². The molecule has 1 saturated heterocycles. The van der Waals surface area contributed by atoms with Gasteiger partial charge in [-0.05, 0) is 50.0 Å². The molecule has 0 unspecified atom stereocenters. The first kappa shape index (κ1) is 13.8. The number of hydrogen-bond donors (Lipinski definition) is 2. The van der Waals surface area contributed by atoms with E-state index >= 15 is 0 Å². The quantitative estimate of drug-likeness (QED) is 0.667. The number of benzene rings is 1. The predicted molar refractivity (Wildman–Crippen MR) is 82.5 cm³/mol. The van der Waals surface area contributed by atoms with Crippen LogP contribution in [0.1, 0.15) is 12.8 Å². The van der Waals surface area contributed by atoms with Crippen molar-refractivity contribution in [1.29, 1.82) is 0 Å². The van der Waals surface area contributed by atoms with E-state index in [1.54, 1.807) is 12.3 Å². The van der Waals surface area contributed by atoms with E-state index < -0.39 is 0 Å². The lowest BCUT2D eigenvalue weighted by molar-refractivity contribution is -0.383. The molecule has 2 heterocycles. The molecule has 2 aromatic rings. The molecule has 0 aliphatic carbocycles. The highest BCUT2D eigenvalue weighted by molar-refractivity contribution is 5.96. The monoisotopic (exact) mass is 286 g/mol. The first-order chi connectivity index (χ1) is 10.3. The first-order valence-electron chi connectivity index (χ1n) is 7.22. The van der Waals surface area contributed by atoms with Crippen molar-refractivity contribution in [2.75, 3.05) is 25.0 Å². The molecule has 0 amide bonds. The predicted octanol–water partition coefficient (Wildman–Crippen LogP) is 2.55. The molecule has 3 rings (SSSR count). The minimum atomic E-state index is -0.383. The van der Waals surface area contributed by atoms with Gasteiger partial charge in [-0.25, -0.2) is 4.98 Å². The van der Waals surface area contributed by atoms with Crippen molar-refractivity contribution in [3.63, 3.8) is 0 Å². The average Bonchev–Trinajstić information content (AvgIpc) is 2.53. The molecule has 0 bridgehead atoms. The number of rotatable bonds is 4. The van der Waals surface area contributed by atoms with E-state index in [0.717, 1.165) is 43.5 Å². The fraction of sp³-hybridized carbons (Fsp3) is 0.400. The van der Waals surface area contributed by atoms with E-state index in [2.05, 4.69) is 15.6 Å². The molecular weight excluding hydrogens is 268 g/mol. The van der Waals surface area contributed by atoms with Crippen molar-refractivity contribution in [1.82, 2.24) is 10.3 Å². The maximum absolute atomic E-state index is 11.1. The summed E-state index contributed by atoms with van der Waals surface area (Å²) < 4.78 is 0. The van der Waals surface area contributed by atoms with Crippen LogP contribution in [0.5, 0.6) is 0 Å². The van der Waals surface area contributed by atoms with Crippen LogP contribution in [0.2, 0.25) is 0 Å². The summed E-state index contributed by atoms with van der Waals surface area (Å²) in [7, 11) is 0. The Labute approximate surface area is 122 Å².